The van der Waals surface area contributed by atoms with Crippen molar-refractivity contribution in [1.29, 1.82) is 0 Å². The minimum atomic E-state index is -0.583. The van der Waals surface area contributed by atoms with Crippen LogP contribution in [-0.2, 0) is 16.2 Å². The molecule has 0 radical (unpaired) electrons. The van der Waals surface area contributed by atoms with E-state index in [4.69, 9.17) is 16.3 Å². The molecule has 6 nitrogen and oxygen atoms in total. The maximum atomic E-state index is 13.9. The van der Waals surface area contributed by atoms with Gasteiger partial charge in [0.25, 0.3) is 11.1 Å². The molecule has 34 heavy (non-hydrogen) atoms. The van der Waals surface area contributed by atoms with Crippen LogP contribution in [0.2, 0.25) is 5.02 Å². The number of rotatable bonds is 7. The molecule has 1 heterocycles. The average Bonchev–Trinajstić information content (AvgIpc) is 3.06. The van der Waals surface area contributed by atoms with E-state index in [1.165, 1.54) is 12.1 Å². The van der Waals surface area contributed by atoms with E-state index in [0.717, 1.165) is 16.7 Å². The molecule has 1 fully saturated rings. The summed E-state index contributed by atoms with van der Waals surface area (Å²) in [6, 6.07) is 19.7. The number of imide groups is 1. The lowest BCUT2D eigenvalue weighted by molar-refractivity contribution is -0.127. The first-order chi connectivity index (χ1) is 16.4. The van der Waals surface area contributed by atoms with Gasteiger partial charge in [0.05, 0.1) is 4.91 Å². The van der Waals surface area contributed by atoms with Crippen LogP contribution in [0.15, 0.2) is 77.7 Å². The maximum absolute atomic E-state index is 13.9. The van der Waals surface area contributed by atoms with Crippen molar-refractivity contribution >= 4 is 52.2 Å². The summed E-state index contributed by atoms with van der Waals surface area (Å²) in [4.78, 5) is 38.6. The van der Waals surface area contributed by atoms with Crippen molar-refractivity contribution < 1.29 is 23.5 Å². The normalized spacial score (nSPS) is 14.5. The number of para-hydroxylation sites is 1. The van der Waals surface area contributed by atoms with Crippen molar-refractivity contribution in [3.8, 4) is 5.75 Å². The number of anilines is 1. The summed E-state index contributed by atoms with van der Waals surface area (Å²) in [6.45, 7) is -0.428. The van der Waals surface area contributed by atoms with Crippen LogP contribution in [0.25, 0.3) is 6.08 Å². The van der Waals surface area contributed by atoms with Gasteiger partial charge in [0.2, 0.25) is 5.91 Å². The van der Waals surface area contributed by atoms with E-state index in [0.29, 0.717) is 27.6 Å². The molecule has 1 N–H and O–H groups in total. The van der Waals surface area contributed by atoms with Gasteiger partial charge in [-0.15, -0.1) is 0 Å². The smallest absolute Gasteiger partial charge is 0.294 e. The summed E-state index contributed by atoms with van der Waals surface area (Å²) in [5, 5.41) is 2.51. The summed E-state index contributed by atoms with van der Waals surface area (Å²) in [6.07, 6.45) is 1.52. The lowest BCUT2D eigenvalue weighted by Crippen LogP contribution is -2.36. The van der Waals surface area contributed by atoms with E-state index in [-0.39, 0.29) is 17.3 Å². The van der Waals surface area contributed by atoms with Crippen LogP contribution < -0.4 is 10.1 Å². The van der Waals surface area contributed by atoms with E-state index in [1.807, 2.05) is 0 Å². The monoisotopic (exact) mass is 496 g/mol. The highest BCUT2D eigenvalue weighted by Crippen LogP contribution is 2.34. The second-order valence-corrected chi connectivity index (χ2v) is 8.67. The molecule has 0 saturated carbocycles. The van der Waals surface area contributed by atoms with Crippen LogP contribution >= 0.6 is 23.4 Å². The molecule has 3 aromatic carbocycles. The van der Waals surface area contributed by atoms with Crippen LogP contribution in [0, 0.1) is 5.82 Å². The molecule has 0 unspecified atom stereocenters. The number of benzene rings is 3. The fraction of sp³-hybridized carbons (Fsp3) is 0.0800. The third kappa shape index (κ3) is 5.65. The Balaban J connectivity index is 1.46. The Morgan fingerprint density at radius 2 is 1.82 bits per heavy atom. The highest BCUT2D eigenvalue weighted by molar-refractivity contribution is 8.18. The molecular weight excluding hydrogens is 479 g/mol. The largest absolute Gasteiger partial charge is 0.488 e. The van der Waals surface area contributed by atoms with Crippen LogP contribution in [0.4, 0.5) is 14.9 Å². The third-order valence-corrected chi connectivity index (χ3v) is 5.97. The number of thioether (sulfide) groups is 1. The van der Waals surface area contributed by atoms with E-state index in [9.17, 15) is 18.8 Å². The summed E-state index contributed by atoms with van der Waals surface area (Å²) < 4.78 is 19.7. The van der Waals surface area contributed by atoms with Crippen molar-refractivity contribution in [3.63, 3.8) is 0 Å². The number of halogens is 2. The number of nitrogens with zero attached hydrogens (tertiary/aromatic N) is 1. The molecule has 0 atom stereocenters. The minimum Gasteiger partial charge on any atom is -0.488 e. The van der Waals surface area contributed by atoms with Gasteiger partial charge < -0.3 is 10.1 Å². The lowest BCUT2D eigenvalue weighted by Gasteiger charge is -2.12. The third-order valence-electron chi connectivity index (χ3n) is 4.83. The van der Waals surface area contributed by atoms with E-state index >= 15 is 0 Å². The number of hydrogen-bond acceptors (Lipinski definition) is 5. The molecule has 9 heteroatoms. The number of amides is 3. The topological polar surface area (TPSA) is 75.7 Å². The molecule has 1 aliphatic heterocycles. The van der Waals surface area contributed by atoms with Crippen molar-refractivity contribution in [2.75, 3.05) is 11.9 Å². The molecule has 1 aliphatic rings. The zero-order valence-corrected chi connectivity index (χ0v) is 19.2. The quantitative estimate of drug-likeness (QED) is 0.422. The predicted octanol–water partition coefficient (Wildman–Crippen LogP) is 5.73. The maximum Gasteiger partial charge on any atom is 0.294 e. The Bertz CT molecular complexity index is 1300. The zero-order chi connectivity index (χ0) is 24.1. The molecular formula is C25H18ClFN2O4S. The van der Waals surface area contributed by atoms with Crippen LogP contribution in [-0.4, -0.2) is 28.5 Å². The number of carbonyl (C=O) groups excluding carboxylic acids is 3. The van der Waals surface area contributed by atoms with E-state index in [1.54, 1.807) is 66.7 Å². The Hall–Kier alpha value is -3.62. The Morgan fingerprint density at radius 3 is 2.62 bits per heavy atom. The summed E-state index contributed by atoms with van der Waals surface area (Å²) in [5.41, 5.74) is 1.40. The van der Waals surface area contributed by atoms with Gasteiger partial charge in [0.1, 0.15) is 24.7 Å². The van der Waals surface area contributed by atoms with Crippen LogP contribution in [0.3, 0.4) is 0 Å². The molecule has 0 bridgehead atoms. The molecule has 4 rings (SSSR count). The second-order valence-electron chi connectivity index (χ2n) is 7.24. The molecule has 0 aromatic heterocycles. The van der Waals surface area contributed by atoms with Crippen LogP contribution in [0.1, 0.15) is 11.1 Å². The molecule has 0 spiro atoms. The van der Waals surface area contributed by atoms with Gasteiger partial charge in [-0.25, -0.2) is 4.39 Å². The molecule has 3 amide bonds. The zero-order valence-electron chi connectivity index (χ0n) is 17.7. The molecule has 3 aromatic rings. The highest BCUT2D eigenvalue weighted by atomic mass is 35.5. The standard InChI is InChI=1S/C25H18ClFN2O4S/c26-18-8-5-9-19(13-18)28-23(30)14-29-24(31)22(34-25(29)32)12-16-6-2-4-11-21(16)33-15-17-7-1-3-10-20(17)27/h1-13H,14-15H2,(H,28,30)/b22-12+. The van der Waals surface area contributed by atoms with E-state index in [2.05, 4.69) is 5.32 Å². The molecule has 1 saturated heterocycles. The Labute approximate surface area is 204 Å². The predicted molar refractivity (Wildman–Crippen MR) is 130 cm³/mol. The SMILES string of the molecule is O=C(CN1C(=O)S/C(=C/c2ccccc2OCc2ccccc2F)C1=O)Nc1cccc(Cl)c1. The van der Waals surface area contributed by atoms with Crippen molar-refractivity contribution in [2.45, 2.75) is 6.61 Å². The first kappa shape index (κ1) is 23.5. The Morgan fingerprint density at radius 1 is 1.06 bits per heavy atom. The van der Waals surface area contributed by atoms with Gasteiger partial charge in [-0.3, -0.25) is 19.3 Å². The summed E-state index contributed by atoms with van der Waals surface area (Å²) >= 11 is 6.64. The lowest BCUT2D eigenvalue weighted by atomic mass is 10.1. The first-order valence-electron chi connectivity index (χ1n) is 10.2. The van der Waals surface area contributed by atoms with Crippen molar-refractivity contribution in [2.24, 2.45) is 0 Å². The van der Waals surface area contributed by atoms with Crippen molar-refractivity contribution in [1.82, 2.24) is 4.90 Å². The van der Waals surface area contributed by atoms with Gasteiger partial charge in [-0.1, -0.05) is 54.1 Å². The molecule has 0 aliphatic carbocycles. The van der Waals surface area contributed by atoms with Crippen LogP contribution in [0.5, 0.6) is 5.75 Å². The first-order valence-corrected chi connectivity index (χ1v) is 11.4. The minimum absolute atomic E-state index is 0.00266. The summed E-state index contributed by atoms with van der Waals surface area (Å²) in [7, 11) is 0. The number of hydrogen-bond donors (Lipinski definition) is 1. The van der Waals surface area contributed by atoms with Gasteiger partial charge in [0.15, 0.2) is 0 Å². The molecule has 172 valence electrons. The van der Waals surface area contributed by atoms with Crippen molar-refractivity contribution in [3.05, 3.63) is 99.7 Å². The number of nitrogens with one attached hydrogen (secondary N) is 1. The second kappa shape index (κ2) is 10.5. The number of ether oxygens (including phenoxy) is 1. The van der Waals surface area contributed by atoms with E-state index < -0.39 is 23.6 Å². The van der Waals surface area contributed by atoms with Gasteiger partial charge in [0, 0.05) is 21.8 Å². The van der Waals surface area contributed by atoms with Gasteiger partial charge in [-0.05, 0) is 48.2 Å². The highest BCUT2D eigenvalue weighted by Gasteiger charge is 2.36. The van der Waals surface area contributed by atoms with Gasteiger partial charge >= 0.3 is 0 Å². The fourth-order valence-corrected chi connectivity index (χ4v) is 4.21. The van der Waals surface area contributed by atoms with Gasteiger partial charge in [-0.2, -0.15) is 0 Å². The fourth-order valence-electron chi connectivity index (χ4n) is 3.19. The Kier molecular flexibility index (Phi) is 7.30. The number of carbonyl (C=O) groups is 3. The average molecular weight is 497 g/mol. The summed E-state index contributed by atoms with van der Waals surface area (Å²) in [5.74, 6) is -1.06.